The van der Waals surface area contributed by atoms with Crippen molar-refractivity contribution in [1.29, 1.82) is 0 Å². The van der Waals surface area contributed by atoms with E-state index < -0.39 is 0 Å². The first-order chi connectivity index (χ1) is 9.22. The number of benzene rings is 1. The zero-order valence-corrected chi connectivity index (χ0v) is 11.7. The van der Waals surface area contributed by atoms with Crippen molar-refractivity contribution in [1.82, 2.24) is 15.0 Å². The first kappa shape index (κ1) is 12.0. The lowest BCUT2D eigenvalue weighted by atomic mass is 10.3. The number of rotatable bonds is 3. The van der Waals surface area contributed by atoms with Gasteiger partial charge in [-0.15, -0.1) is 11.3 Å². The van der Waals surface area contributed by atoms with Gasteiger partial charge < -0.3 is 5.32 Å². The second-order valence-electron chi connectivity index (χ2n) is 4.38. The van der Waals surface area contributed by atoms with E-state index in [9.17, 15) is 0 Å². The maximum Gasteiger partial charge on any atom is 0.148 e. The van der Waals surface area contributed by atoms with Crippen molar-refractivity contribution in [3.05, 3.63) is 46.0 Å². The molecule has 3 aromatic rings. The van der Waals surface area contributed by atoms with Gasteiger partial charge in [0.15, 0.2) is 0 Å². The Hall–Kier alpha value is -2.01. The number of anilines is 1. The van der Waals surface area contributed by atoms with Gasteiger partial charge in [-0.3, -0.25) is 0 Å². The number of hydrogen-bond donors (Lipinski definition) is 1. The molecule has 96 valence electrons. The standard InChI is InChI=1S/C14H14N4S/c1-9-8-19-13(16-9)7-15-14-10(2)17-11-5-3-4-6-12(11)18-14/h3-6,8H,7H2,1-2H3,(H,15,18). The van der Waals surface area contributed by atoms with Gasteiger partial charge in [-0.2, -0.15) is 0 Å². The van der Waals surface area contributed by atoms with E-state index in [0.717, 1.165) is 33.2 Å². The lowest BCUT2D eigenvalue weighted by Gasteiger charge is -2.07. The summed E-state index contributed by atoms with van der Waals surface area (Å²) in [7, 11) is 0. The number of nitrogens with zero attached hydrogens (tertiary/aromatic N) is 3. The zero-order valence-electron chi connectivity index (χ0n) is 10.8. The molecule has 0 amide bonds. The normalized spacial score (nSPS) is 10.8. The molecule has 0 bridgehead atoms. The average molecular weight is 270 g/mol. The highest BCUT2D eigenvalue weighted by Gasteiger charge is 2.05. The number of nitrogens with one attached hydrogen (secondary N) is 1. The number of hydrogen-bond acceptors (Lipinski definition) is 5. The number of fused-ring (bicyclic) bond motifs is 1. The highest BCUT2D eigenvalue weighted by Crippen LogP contribution is 2.17. The summed E-state index contributed by atoms with van der Waals surface area (Å²) in [5.74, 6) is 0.826. The SMILES string of the molecule is Cc1csc(CNc2nc3ccccc3nc2C)n1. The maximum absolute atomic E-state index is 4.60. The molecule has 19 heavy (non-hydrogen) atoms. The van der Waals surface area contributed by atoms with Crippen molar-refractivity contribution < 1.29 is 0 Å². The van der Waals surface area contributed by atoms with Crippen molar-refractivity contribution in [2.24, 2.45) is 0 Å². The van der Waals surface area contributed by atoms with Crippen LogP contribution in [0.2, 0.25) is 0 Å². The Morgan fingerprint density at radius 3 is 2.47 bits per heavy atom. The molecule has 0 aliphatic carbocycles. The Morgan fingerprint density at radius 1 is 1.05 bits per heavy atom. The van der Waals surface area contributed by atoms with E-state index in [1.165, 1.54) is 0 Å². The van der Waals surface area contributed by atoms with Crippen LogP contribution < -0.4 is 5.32 Å². The van der Waals surface area contributed by atoms with Crippen LogP contribution in [0.25, 0.3) is 11.0 Å². The minimum absolute atomic E-state index is 0.687. The largest absolute Gasteiger partial charge is 0.362 e. The van der Waals surface area contributed by atoms with Crippen molar-refractivity contribution in [2.75, 3.05) is 5.32 Å². The van der Waals surface area contributed by atoms with Gasteiger partial charge in [0.2, 0.25) is 0 Å². The van der Waals surface area contributed by atoms with Gasteiger partial charge in [0.25, 0.3) is 0 Å². The number of aryl methyl sites for hydroxylation is 2. The Labute approximate surface area is 115 Å². The third-order valence-electron chi connectivity index (χ3n) is 2.82. The molecule has 2 aromatic heterocycles. The van der Waals surface area contributed by atoms with Gasteiger partial charge in [0, 0.05) is 11.1 Å². The van der Waals surface area contributed by atoms with Gasteiger partial charge in [0.1, 0.15) is 10.8 Å². The summed E-state index contributed by atoms with van der Waals surface area (Å²) in [6, 6.07) is 7.89. The minimum atomic E-state index is 0.687. The Balaban J connectivity index is 1.86. The number of thiazole rings is 1. The van der Waals surface area contributed by atoms with E-state index in [0.29, 0.717) is 6.54 Å². The van der Waals surface area contributed by atoms with Gasteiger partial charge in [0.05, 0.1) is 23.3 Å². The molecule has 4 nitrogen and oxygen atoms in total. The van der Waals surface area contributed by atoms with Crippen LogP contribution in [0.4, 0.5) is 5.82 Å². The van der Waals surface area contributed by atoms with Crippen LogP contribution in [-0.4, -0.2) is 15.0 Å². The van der Waals surface area contributed by atoms with E-state index in [1.807, 2.05) is 38.1 Å². The molecule has 3 rings (SSSR count). The highest BCUT2D eigenvalue weighted by molar-refractivity contribution is 7.09. The Bertz CT molecular complexity index is 720. The van der Waals surface area contributed by atoms with Gasteiger partial charge >= 0.3 is 0 Å². The fraction of sp³-hybridized carbons (Fsp3) is 0.214. The second kappa shape index (κ2) is 4.93. The third kappa shape index (κ3) is 2.56. The predicted octanol–water partition coefficient (Wildman–Crippen LogP) is 3.32. The lowest BCUT2D eigenvalue weighted by molar-refractivity contribution is 1.04. The highest BCUT2D eigenvalue weighted by atomic mass is 32.1. The molecular formula is C14H14N4S. The van der Waals surface area contributed by atoms with Crippen molar-refractivity contribution in [2.45, 2.75) is 20.4 Å². The molecule has 0 aliphatic heterocycles. The van der Waals surface area contributed by atoms with E-state index in [2.05, 4.69) is 25.6 Å². The van der Waals surface area contributed by atoms with Gasteiger partial charge in [-0.25, -0.2) is 15.0 Å². The monoisotopic (exact) mass is 270 g/mol. The fourth-order valence-corrected chi connectivity index (χ4v) is 2.61. The quantitative estimate of drug-likeness (QED) is 0.793. The molecule has 0 atom stereocenters. The molecular weight excluding hydrogens is 256 g/mol. The lowest BCUT2D eigenvalue weighted by Crippen LogP contribution is -2.04. The number of para-hydroxylation sites is 2. The fourth-order valence-electron chi connectivity index (χ4n) is 1.90. The zero-order chi connectivity index (χ0) is 13.2. The summed E-state index contributed by atoms with van der Waals surface area (Å²) in [5.41, 5.74) is 3.80. The summed E-state index contributed by atoms with van der Waals surface area (Å²) < 4.78 is 0. The van der Waals surface area contributed by atoms with E-state index in [1.54, 1.807) is 11.3 Å². The van der Waals surface area contributed by atoms with Crippen LogP contribution >= 0.6 is 11.3 Å². The summed E-state index contributed by atoms with van der Waals surface area (Å²) in [6.07, 6.45) is 0. The molecule has 0 fully saturated rings. The predicted molar refractivity (Wildman–Crippen MR) is 78.5 cm³/mol. The van der Waals surface area contributed by atoms with Crippen LogP contribution in [0.5, 0.6) is 0 Å². The first-order valence-electron chi connectivity index (χ1n) is 6.10. The van der Waals surface area contributed by atoms with E-state index in [4.69, 9.17) is 0 Å². The van der Waals surface area contributed by atoms with Crippen molar-refractivity contribution >= 4 is 28.2 Å². The van der Waals surface area contributed by atoms with E-state index in [-0.39, 0.29) is 0 Å². The topological polar surface area (TPSA) is 50.7 Å². The summed E-state index contributed by atoms with van der Waals surface area (Å²) in [6.45, 7) is 4.66. The molecule has 0 radical (unpaired) electrons. The van der Waals surface area contributed by atoms with Crippen molar-refractivity contribution in [3.63, 3.8) is 0 Å². The second-order valence-corrected chi connectivity index (χ2v) is 5.33. The maximum atomic E-state index is 4.60. The molecule has 2 heterocycles. The van der Waals surface area contributed by atoms with E-state index >= 15 is 0 Å². The molecule has 1 aromatic carbocycles. The number of aromatic nitrogens is 3. The Kier molecular flexibility index (Phi) is 3.13. The Morgan fingerprint density at radius 2 is 1.79 bits per heavy atom. The van der Waals surface area contributed by atoms with Crippen LogP contribution in [0.15, 0.2) is 29.6 Å². The summed E-state index contributed by atoms with van der Waals surface area (Å²) >= 11 is 1.66. The first-order valence-corrected chi connectivity index (χ1v) is 6.98. The molecule has 5 heteroatoms. The van der Waals surface area contributed by atoms with Crippen LogP contribution in [-0.2, 0) is 6.54 Å². The molecule has 0 aliphatic rings. The van der Waals surface area contributed by atoms with Gasteiger partial charge in [-0.1, -0.05) is 12.1 Å². The molecule has 0 saturated carbocycles. The van der Waals surface area contributed by atoms with Gasteiger partial charge in [-0.05, 0) is 26.0 Å². The third-order valence-corrected chi connectivity index (χ3v) is 3.79. The van der Waals surface area contributed by atoms with Crippen LogP contribution in [0, 0.1) is 13.8 Å². The summed E-state index contributed by atoms with van der Waals surface area (Å²) in [5, 5.41) is 6.42. The van der Waals surface area contributed by atoms with Crippen molar-refractivity contribution in [3.8, 4) is 0 Å². The van der Waals surface area contributed by atoms with Crippen LogP contribution in [0.3, 0.4) is 0 Å². The average Bonchev–Trinajstić information content (AvgIpc) is 2.82. The molecule has 0 saturated heterocycles. The molecule has 0 spiro atoms. The van der Waals surface area contributed by atoms with Crippen LogP contribution in [0.1, 0.15) is 16.4 Å². The molecule has 1 N–H and O–H groups in total. The smallest absolute Gasteiger partial charge is 0.148 e. The molecule has 0 unspecified atom stereocenters. The minimum Gasteiger partial charge on any atom is -0.362 e. The summed E-state index contributed by atoms with van der Waals surface area (Å²) in [4.78, 5) is 13.6.